The number of nitrogens with zero attached hydrogens (tertiary/aromatic N) is 1. The first-order valence-electron chi connectivity index (χ1n) is 9.88. The predicted octanol–water partition coefficient (Wildman–Crippen LogP) is 1.94. The molecule has 1 saturated heterocycles. The van der Waals surface area contributed by atoms with Crippen LogP contribution in [0, 0.1) is 5.92 Å². The number of ether oxygens (including phenoxy) is 1. The molecule has 2 rings (SSSR count). The second-order valence-electron chi connectivity index (χ2n) is 7.43. The number of hydrogen-bond acceptors (Lipinski definition) is 5. The van der Waals surface area contributed by atoms with Crippen molar-refractivity contribution in [2.45, 2.75) is 89.9 Å². The first-order chi connectivity index (χ1) is 12.4. The van der Waals surface area contributed by atoms with Crippen LogP contribution >= 0.6 is 0 Å². The molecule has 0 bridgehead atoms. The number of esters is 1. The molecule has 2 aliphatic rings. The predicted molar refractivity (Wildman–Crippen MR) is 96.6 cm³/mol. The maximum absolute atomic E-state index is 13.1. The van der Waals surface area contributed by atoms with Gasteiger partial charge < -0.3 is 14.7 Å². The lowest BCUT2D eigenvalue weighted by Gasteiger charge is -2.35. The molecule has 0 radical (unpaired) electrons. The highest BCUT2D eigenvalue weighted by molar-refractivity contribution is 5.88. The average molecular weight is 368 g/mol. The van der Waals surface area contributed by atoms with Crippen LogP contribution in [-0.2, 0) is 19.1 Å². The minimum absolute atomic E-state index is 0.00817. The number of rotatable bonds is 8. The van der Waals surface area contributed by atoms with Gasteiger partial charge in [0.15, 0.2) is 0 Å². The van der Waals surface area contributed by atoms with Crippen LogP contribution < -0.4 is 5.32 Å². The summed E-state index contributed by atoms with van der Waals surface area (Å²) in [6, 6.07) is -1.92. The van der Waals surface area contributed by atoms with Crippen LogP contribution in [0.2, 0.25) is 0 Å². The number of carboxylic acid groups (broad SMARTS) is 1. The molecular weight excluding hydrogens is 336 g/mol. The van der Waals surface area contributed by atoms with E-state index in [1.54, 1.807) is 18.7 Å². The monoisotopic (exact) mass is 368 g/mol. The van der Waals surface area contributed by atoms with Crippen LogP contribution in [-0.4, -0.2) is 58.6 Å². The van der Waals surface area contributed by atoms with E-state index in [2.05, 4.69) is 5.32 Å². The summed E-state index contributed by atoms with van der Waals surface area (Å²) < 4.78 is 5.09. The lowest BCUT2D eigenvalue weighted by atomic mass is 9.84. The molecule has 26 heavy (non-hydrogen) atoms. The number of hydrogen-bond donors (Lipinski definition) is 2. The van der Waals surface area contributed by atoms with Crippen LogP contribution in [0.5, 0.6) is 0 Å². The van der Waals surface area contributed by atoms with Crippen molar-refractivity contribution in [3.05, 3.63) is 0 Å². The zero-order valence-electron chi connectivity index (χ0n) is 16.1. The quantitative estimate of drug-likeness (QED) is 0.636. The number of fused-ring (bicyclic) bond motifs is 1. The van der Waals surface area contributed by atoms with Crippen molar-refractivity contribution in [1.82, 2.24) is 10.2 Å². The van der Waals surface area contributed by atoms with Gasteiger partial charge in [-0.1, -0.05) is 26.2 Å². The van der Waals surface area contributed by atoms with Crippen molar-refractivity contribution in [3.63, 3.8) is 0 Å². The number of carboxylic acids is 1. The van der Waals surface area contributed by atoms with Crippen molar-refractivity contribution in [2.75, 3.05) is 6.61 Å². The summed E-state index contributed by atoms with van der Waals surface area (Å²) in [5.41, 5.74) is 0. The van der Waals surface area contributed by atoms with Gasteiger partial charge in [-0.25, -0.2) is 4.79 Å². The van der Waals surface area contributed by atoms with Crippen LogP contribution in [0.3, 0.4) is 0 Å². The van der Waals surface area contributed by atoms with Crippen molar-refractivity contribution in [3.8, 4) is 0 Å². The van der Waals surface area contributed by atoms with Gasteiger partial charge >= 0.3 is 11.9 Å². The van der Waals surface area contributed by atoms with Gasteiger partial charge in [-0.05, 0) is 45.4 Å². The number of likely N-dealkylation sites (tertiary alicyclic amines) is 1. The zero-order chi connectivity index (χ0) is 19.3. The summed E-state index contributed by atoms with van der Waals surface area (Å²) in [5, 5.41) is 12.7. The average Bonchev–Trinajstić information content (AvgIpc) is 3.00. The second-order valence-corrected chi connectivity index (χ2v) is 7.43. The highest BCUT2D eigenvalue weighted by Crippen LogP contribution is 2.40. The fourth-order valence-corrected chi connectivity index (χ4v) is 4.39. The van der Waals surface area contributed by atoms with E-state index in [0.717, 1.165) is 32.1 Å². The Morgan fingerprint density at radius 1 is 1.23 bits per heavy atom. The molecule has 1 aliphatic heterocycles. The van der Waals surface area contributed by atoms with Crippen molar-refractivity contribution >= 4 is 17.8 Å². The Hall–Kier alpha value is -1.63. The lowest BCUT2D eigenvalue weighted by Crippen LogP contribution is -2.55. The molecule has 1 aliphatic carbocycles. The van der Waals surface area contributed by atoms with Gasteiger partial charge in [-0.3, -0.25) is 14.9 Å². The lowest BCUT2D eigenvalue weighted by molar-refractivity contribution is -0.152. The third kappa shape index (κ3) is 4.55. The van der Waals surface area contributed by atoms with Gasteiger partial charge in [0, 0.05) is 6.04 Å². The van der Waals surface area contributed by atoms with Crippen LogP contribution in [0.4, 0.5) is 0 Å². The van der Waals surface area contributed by atoms with E-state index in [9.17, 15) is 19.5 Å². The van der Waals surface area contributed by atoms with E-state index in [1.165, 1.54) is 0 Å². The Morgan fingerprint density at radius 3 is 2.54 bits per heavy atom. The Morgan fingerprint density at radius 2 is 1.92 bits per heavy atom. The molecule has 0 spiro atoms. The number of aliphatic carboxylic acids is 1. The van der Waals surface area contributed by atoms with Crippen LogP contribution in [0.1, 0.15) is 65.7 Å². The number of amides is 1. The standard InChI is InChI=1S/C19H32N2O5/c1-4-8-14(19(25)26-5-2)20-12(3)17(22)21-15-10-7-6-9-13(15)11-16(21)18(23)24/h12-16,20H,4-11H2,1-3H3,(H,23,24)/t12-,13+,14-,15-,16-/m0/s1. The van der Waals surface area contributed by atoms with Gasteiger partial charge in [0.05, 0.1) is 12.6 Å². The molecule has 0 unspecified atom stereocenters. The summed E-state index contributed by atoms with van der Waals surface area (Å²) >= 11 is 0. The minimum Gasteiger partial charge on any atom is -0.480 e. The highest BCUT2D eigenvalue weighted by Gasteiger charge is 2.48. The highest BCUT2D eigenvalue weighted by atomic mass is 16.5. The third-order valence-electron chi connectivity index (χ3n) is 5.60. The summed E-state index contributed by atoms with van der Waals surface area (Å²) in [4.78, 5) is 38.5. The first kappa shape index (κ1) is 20.7. The van der Waals surface area contributed by atoms with Crippen LogP contribution in [0.15, 0.2) is 0 Å². The van der Waals surface area contributed by atoms with Crippen molar-refractivity contribution < 1.29 is 24.2 Å². The number of nitrogens with one attached hydrogen (secondary N) is 1. The van der Waals surface area contributed by atoms with Crippen LogP contribution in [0.25, 0.3) is 0 Å². The Balaban J connectivity index is 2.10. The molecule has 7 heteroatoms. The van der Waals surface area contributed by atoms with E-state index in [0.29, 0.717) is 19.4 Å². The summed E-state index contributed by atoms with van der Waals surface area (Å²) in [7, 11) is 0. The molecular formula is C19H32N2O5. The van der Waals surface area contributed by atoms with Gasteiger partial charge in [-0.2, -0.15) is 0 Å². The maximum atomic E-state index is 13.1. The molecule has 0 aromatic carbocycles. The number of carbonyl (C=O) groups excluding carboxylic acids is 2. The van der Waals surface area contributed by atoms with Gasteiger partial charge in [-0.15, -0.1) is 0 Å². The smallest absolute Gasteiger partial charge is 0.326 e. The minimum atomic E-state index is -0.935. The topological polar surface area (TPSA) is 95.9 Å². The Labute approximate surface area is 155 Å². The molecule has 2 fully saturated rings. The molecule has 7 nitrogen and oxygen atoms in total. The molecule has 0 aromatic heterocycles. The summed E-state index contributed by atoms with van der Waals surface area (Å²) in [6.45, 7) is 5.72. The number of carbonyl (C=O) groups is 3. The van der Waals surface area contributed by atoms with E-state index in [-0.39, 0.29) is 23.8 Å². The molecule has 1 saturated carbocycles. The Bertz CT molecular complexity index is 524. The Kier molecular flexibility index (Phi) is 7.43. The molecule has 0 aromatic rings. The third-order valence-corrected chi connectivity index (χ3v) is 5.60. The van der Waals surface area contributed by atoms with Gasteiger partial charge in [0.2, 0.25) is 5.91 Å². The molecule has 2 N–H and O–H groups in total. The van der Waals surface area contributed by atoms with Gasteiger partial charge in [0.25, 0.3) is 0 Å². The zero-order valence-corrected chi connectivity index (χ0v) is 16.1. The van der Waals surface area contributed by atoms with E-state index in [4.69, 9.17) is 4.74 Å². The maximum Gasteiger partial charge on any atom is 0.326 e. The van der Waals surface area contributed by atoms with Crippen molar-refractivity contribution in [2.24, 2.45) is 5.92 Å². The molecule has 5 atom stereocenters. The van der Waals surface area contributed by atoms with E-state index >= 15 is 0 Å². The first-order valence-corrected chi connectivity index (χ1v) is 9.88. The molecule has 1 heterocycles. The van der Waals surface area contributed by atoms with E-state index < -0.39 is 24.1 Å². The fraction of sp³-hybridized carbons (Fsp3) is 0.842. The fourth-order valence-electron chi connectivity index (χ4n) is 4.39. The summed E-state index contributed by atoms with van der Waals surface area (Å²) in [5.74, 6) is -1.24. The summed E-state index contributed by atoms with van der Waals surface area (Å²) in [6.07, 6.45) is 5.87. The van der Waals surface area contributed by atoms with E-state index in [1.807, 2.05) is 6.92 Å². The SMILES string of the molecule is CCC[C@H](N[C@@H](C)C(=O)N1[C@H](C(=O)O)C[C@H]2CCCC[C@@H]21)C(=O)OCC. The van der Waals surface area contributed by atoms with Gasteiger partial charge in [0.1, 0.15) is 12.1 Å². The largest absolute Gasteiger partial charge is 0.480 e. The normalized spacial score (nSPS) is 27.5. The molecule has 148 valence electrons. The van der Waals surface area contributed by atoms with Crippen molar-refractivity contribution in [1.29, 1.82) is 0 Å². The second kappa shape index (κ2) is 9.35. The molecule has 1 amide bonds.